The number of nitrogens with zero attached hydrogens (tertiary/aromatic N) is 2. The summed E-state index contributed by atoms with van der Waals surface area (Å²) in [5, 5.41) is 0. The fourth-order valence-corrected chi connectivity index (χ4v) is 3.12. The Morgan fingerprint density at radius 2 is 1.80 bits per heavy atom. The molecular weight excluding hydrogens is 188 g/mol. The molecule has 1 atom stereocenters. The Labute approximate surface area is 92.4 Å². The lowest BCUT2D eigenvalue weighted by molar-refractivity contribution is 0.149. The molecule has 0 aromatic rings. The van der Waals surface area contributed by atoms with Gasteiger partial charge >= 0.3 is 6.03 Å². The van der Waals surface area contributed by atoms with E-state index in [4.69, 9.17) is 0 Å². The first-order chi connectivity index (χ1) is 7.20. The molecule has 0 bridgehead atoms. The average molecular weight is 210 g/mol. The van der Waals surface area contributed by atoms with Crippen molar-refractivity contribution in [2.24, 2.45) is 5.92 Å². The van der Waals surface area contributed by atoms with Crippen LogP contribution in [0.3, 0.4) is 0 Å². The second-order valence-electron chi connectivity index (χ2n) is 5.12. The van der Waals surface area contributed by atoms with Gasteiger partial charge in [0.25, 0.3) is 0 Å². The van der Waals surface area contributed by atoms with Crippen LogP contribution < -0.4 is 0 Å². The van der Waals surface area contributed by atoms with Crippen molar-refractivity contribution in [3.63, 3.8) is 0 Å². The molecule has 1 aliphatic heterocycles. The minimum absolute atomic E-state index is 0.212. The minimum atomic E-state index is 0.212. The molecule has 3 nitrogen and oxygen atoms in total. The summed E-state index contributed by atoms with van der Waals surface area (Å²) in [6.07, 6.45) is 7.82. The Morgan fingerprint density at radius 3 is 2.40 bits per heavy atom. The van der Waals surface area contributed by atoms with Crippen molar-refractivity contribution >= 4 is 6.03 Å². The molecule has 0 radical (unpaired) electrons. The van der Waals surface area contributed by atoms with Crippen LogP contribution >= 0.6 is 0 Å². The highest BCUT2D eigenvalue weighted by molar-refractivity contribution is 5.74. The molecule has 3 heteroatoms. The molecule has 2 amide bonds. The molecule has 1 saturated heterocycles. The number of carbonyl (C=O) groups is 1. The summed E-state index contributed by atoms with van der Waals surface area (Å²) in [5.74, 6) is 0.788. The van der Waals surface area contributed by atoms with Crippen LogP contribution in [0.25, 0.3) is 0 Å². The van der Waals surface area contributed by atoms with Gasteiger partial charge in [0.2, 0.25) is 0 Å². The van der Waals surface area contributed by atoms with Crippen LogP contribution in [0, 0.1) is 5.92 Å². The third-order valence-electron chi connectivity index (χ3n) is 3.87. The first-order valence-corrected chi connectivity index (χ1v) is 6.18. The Balaban J connectivity index is 2.01. The highest BCUT2D eigenvalue weighted by atomic mass is 16.2. The molecule has 86 valence electrons. The molecular formula is C12H22N2O. The Kier molecular flexibility index (Phi) is 3.17. The van der Waals surface area contributed by atoms with E-state index in [-0.39, 0.29) is 6.03 Å². The van der Waals surface area contributed by atoms with E-state index in [1.54, 1.807) is 4.90 Å². The Morgan fingerprint density at radius 1 is 1.13 bits per heavy atom. The predicted octanol–water partition coefficient (Wildman–Crippen LogP) is 2.32. The first-order valence-electron chi connectivity index (χ1n) is 6.18. The van der Waals surface area contributed by atoms with E-state index in [1.807, 2.05) is 14.1 Å². The molecule has 0 N–H and O–H groups in total. The van der Waals surface area contributed by atoms with Crippen molar-refractivity contribution in [2.75, 3.05) is 20.6 Å². The lowest BCUT2D eigenvalue weighted by Gasteiger charge is -2.31. The van der Waals surface area contributed by atoms with Gasteiger partial charge in [0.1, 0.15) is 0 Å². The normalized spacial score (nSPS) is 27.3. The SMILES string of the molecule is CN(C)C(=O)N1CCCC1C1CCCC1. The van der Waals surface area contributed by atoms with Crippen molar-refractivity contribution in [3.8, 4) is 0 Å². The van der Waals surface area contributed by atoms with Crippen molar-refractivity contribution < 1.29 is 4.79 Å². The molecule has 1 saturated carbocycles. The molecule has 0 aromatic heterocycles. The van der Waals surface area contributed by atoms with E-state index >= 15 is 0 Å². The zero-order valence-electron chi connectivity index (χ0n) is 9.91. The maximum atomic E-state index is 12.0. The quantitative estimate of drug-likeness (QED) is 0.651. The summed E-state index contributed by atoms with van der Waals surface area (Å²) in [6, 6.07) is 0.756. The number of amides is 2. The van der Waals surface area contributed by atoms with Gasteiger partial charge in [-0.25, -0.2) is 4.79 Å². The lowest BCUT2D eigenvalue weighted by atomic mass is 9.96. The van der Waals surface area contributed by atoms with E-state index in [1.165, 1.54) is 38.5 Å². The average Bonchev–Trinajstić information content (AvgIpc) is 2.86. The smallest absolute Gasteiger partial charge is 0.319 e. The Bertz CT molecular complexity index is 234. The van der Waals surface area contributed by atoms with Crippen LogP contribution in [-0.2, 0) is 0 Å². The third kappa shape index (κ3) is 2.11. The topological polar surface area (TPSA) is 23.6 Å². The molecule has 1 heterocycles. The second kappa shape index (κ2) is 4.42. The van der Waals surface area contributed by atoms with Crippen LogP contribution in [0.2, 0.25) is 0 Å². The monoisotopic (exact) mass is 210 g/mol. The van der Waals surface area contributed by atoms with Gasteiger partial charge in [-0.15, -0.1) is 0 Å². The van der Waals surface area contributed by atoms with Crippen molar-refractivity contribution in [3.05, 3.63) is 0 Å². The standard InChI is InChI=1S/C12H22N2O/c1-13(2)12(15)14-9-5-8-11(14)10-6-3-4-7-10/h10-11H,3-9H2,1-2H3. The fourth-order valence-electron chi connectivity index (χ4n) is 3.12. The summed E-state index contributed by atoms with van der Waals surface area (Å²) < 4.78 is 0. The van der Waals surface area contributed by atoms with E-state index in [2.05, 4.69) is 4.90 Å². The third-order valence-corrected chi connectivity index (χ3v) is 3.87. The van der Waals surface area contributed by atoms with Crippen molar-refractivity contribution in [1.29, 1.82) is 0 Å². The van der Waals surface area contributed by atoms with Gasteiger partial charge in [-0.3, -0.25) is 0 Å². The molecule has 0 aromatic carbocycles. The number of rotatable bonds is 1. The second-order valence-corrected chi connectivity index (χ2v) is 5.12. The molecule has 2 fully saturated rings. The van der Waals surface area contributed by atoms with Crippen LogP contribution in [0.4, 0.5) is 4.79 Å². The van der Waals surface area contributed by atoms with Gasteiger partial charge in [-0.1, -0.05) is 12.8 Å². The van der Waals surface area contributed by atoms with Gasteiger partial charge in [0, 0.05) is 26.7 Å². The van der Waals surface area contributed by atoms with E-state index in [0.717, 1.165) is 12.5 Å². The highest BCUT2D eigenvalue weighted by Gasteiger charge is 2.36. The van der Waals surface area contributed by atoms with Crippen LogP contribution in [0.5, 0.6) is 0 Å². The van der Waals surface area contributed by atoms with E-state index in [9.17, 15) is 4.79 Å². The number of hydrogen-bond acceptors (Lipinski definition) is 1. The van der Waals surface area contributed by atoms with Gasteiger partial charge in [-0.05, 0) is 31.6 Å². The van der Waals surface area contributed by atoms with Crippen molar-refractivity contribution in [1.82, 2.24) is 9.80 Å². The molecule has 2 rings (SSSR count). The maximum Gasteiger partial charge on any atom is 0.319 e. The maximum absolute atomic E-state index is 12.0. The lowest BCUT2D eigenvalue weighted by Crippen LogP contribution is -2.44. The summed E-state index contributed by atoms with van der Waals surface area (Å²) >= 11 is 0. The van der Waals surface area contributed by atoms with Crippen LogP contribution in [0.15, 0.2) is 0 Å². The van der Waals surface area contributed by atoms with Gasteiger partial charge in [0.05, 0.1) is 0 Å². The number of hydrogen-bond donors (Lipinski definition) is 0. The van der Waals surface area contributed by atoms with E-state index < -0.39 is 0 Å². The molecule has 2 aliphatic rings. The van der Waals surface area contributed by atoms with Crippen LogP contribution in [0.1, 0.15) is 38.5 Å². The summed E-state index contributed by atoms with van der Waals surface area (Å²) in [7, 11) is 3.71. The van der Waals surface area contributed by atoms with E-state index in [0.29, 0.717) is 6.04 Å². The van der Waals surface area contributed by atoms with Gasteiger partial charge in [-0.2, -0.15) is 0 Å². The zero-order valence-corrected chi connectivity index (χ0v) is 9.91. The molecule has 1 unspecified atom stereocenters. The molecule has 0 spiro atoms. The molecule has 15 heavy (non-hydrogen) atoms. The number of likely N-dealkylation sites (tertiary alicyclic amines) is 1. The Hall–Kier alpha value is -0.730. The van der Waals surface area contributed by atoms with Gasteiger partial charge in [0.15, 0.2) is 0 Å². The van der Waals surface area contributed by atoms with Gasteiger partial charge < -0.3 is 9.80 Å². The predicted molar refractivity (Wildman–Crippen MR) is 60.8 cm³/mol. The summed E-state index contributed by atoms with van der Waals surface area (Å²) in [6.45, 7) is 0.970. The number of carbonyl (C=O) groups excluding carboxylic acids is 1. The van der Waals surface area contributed by atoms with Crippen LogP contribution in [-0.4, -0.2) is 42.5 Å². The summed E-state index contributed by atoms with van der Waals surface area (Å²) in [4.78, 5) is 15.8. The fraction of sp³-hybridized carbons (Fsp3) is 0.917. The first kappa shape index (κ1) is 10.8. The number of urea groups is 1. The summed E-state index contributed by atoms with van der Waals surface area (Å²) in [5.41, 5.74) is 0. The van der Waals surface area contributed by atoms with Crippen molar-refractivity contribution in [2.45, 2.75) is 44.6 Å². The minimum Gasteiger partial charge on any atom is -0.331 e. The largest absolute Gasteiger partial charge is 0.331 e. The zero-order chi connectivity index (χ0) is 10.8. The molecule has 1 aliphatic carbocycles. The highest BCUT2D eigenvalue weighted by Crippen LogP contribution is 2.35.